The molecule has 346 valence electrons. The van der Waals surface area contributed by atoms with E-state index in [0.29, 0.717) is 0 Å². The minimum Gasteiger partial charge on any atom is -0.459 e. The van der Waals surface area contributed by atoms with Gasteiger partial charge in [-0.1, -0.05) is 72.8 Å². The molecule has 2 aliphatic rings. The molecule has 0 spiro atoms. The maximum Gasteiger partial charge on any atom is 0.338 e. The lowest BCUT2D eigenvalue weighted by Crippen LogP contribution is -2.74. The van der Waals surface area contributed by atoms with Crippen molar-refractivity contribution in [2.45, 2.75) is 88.0 Å². The van der Waals surface area contributed by atoms with E-state index < -0.39 is 109 Å². The summed E-state index contributed by atoms with van der Waals surface area (Å²) in [5.41, 5.74) is -1.46. The third-order valence-corrected chi connectivity index (χ3v) is 10.9. The number of nitrogens with one attached hydrogen (secondary N) is 4. The van der Waals surface area contributed by atoms with Crippen molar-refractivity contribution in [1.82, 2.24) is 21.3 Å². The summed E-state index contributed by atoms with van der Waals surface area (Å²) in [6, 6.07) is 29.3. The van der Waals surface area contributed by atoms with Crippen molar-refractivity contribution in [2.75, 3.05) is 13.7 Å². The van der Waals surface area contributed by atoms with Crippen molar-refractivity contribution in [3.8, 4) is 0 Å². The van der Waals surface area contributed by atoms with E-state index in [1.165, 1.54) is 76.3 Å². The van der Waals surface area contributed by atoms with Crippen LogP contribution in [0.2, 0.25) is 0 Å². The quantitative estimate of drug-likeness (QED) is 0.0881. The second kappa shape index (κ2) is 22.0. The van der Waals surface area contributed by atoms with Crippen molar-refractivity contribution in [3.05, 3.63) is 144 Å². The number of carbonyl (C=O) groups excluding carboxylic acids is 8. The molecule has 0 aromatic heterocycles. The standard InChI is InChI=1S/C48H50N4O14/c1-28(40(54)49-4)50-41(55)29(2)51-47(60)48(52-30(3)53)26-25-36(48)63-46-39(66-45(59)34-23-15-8-16-24-34)38(65-44(58)33-21-13-7-14-22-33)37(64-43(57)32-19-11-6-12-20-32)35(62-46)27-61-42(56)31-17-9-5-10-18-31/h5-24,28-29,35-39,46H,25-27H2,1-4H3,(H,49,54)(H,50,55)(H,51,60)(H,52,53)/t28-,29-,35+,36-,37+,38-,39+,46-,48-/m0/s1. The highest BCUT2D eigenvalue weighted by Gasteiger charge is 2.60. The van der Waals surface area contributed by atoms with Gasteiger partial charge in [0.25, 0.3) is 0 Å². The van der Waals surface area contributed by atoms with Crippen LogP contribution in [0.15, 0.2) is 121 Å². The molecule has 6 rings (SSSR count). The molecular weight excluding hydrogens is 857 g/mol. The Bertz CT molecular complexity index is 2370. The first kappa shape index (κ1) is 48.0. The van der Waals surface area contributed by atoms with Gasteiger partial charge in [0.15, 0.2) is 24.6 Å². The summed E-state index contributed by atoms with van der Waals surface area (Å²) < 4.78 is 37.0. The predicted octanol–water partition coefficient (Wildman–Crippen LogP) is 3.05. The molecule has 1 aliphatic heterocycles. The number of rotatable bonds is 17. The Morgan fingerprint density at radius 2 is 1.05 bits per heavy atom. The van der Waals surface area contributed by atoms with Crippen molar-refractivity contribution < 1.29 is 66.8 Å². The molecule has 4 aromatic rings. The average Bonchev–Trinajstić information content (AvgIpc) is 3.33. The highest BCUT2D eigenvalue weighted by molar-refractivity contribution is 5.97. The molecule has 18 nitrogen and oxygen atoms in total. The van der Waals surface area contributed by atoms with Crippen LogP contribution in [0.1, 0.15) is 75.0 Å². The van der Waals surface area contributed by atoms with Gasteiger partial charge in [-0.25, -0.2) is 19.2 Å². The summed E-state index contributed by atoms with van der Waals surface area (Å²) >= 11 is 0. The molecule has 0 bridgehead atoms. The second-order valence-corrected chi connectivity index (χ2v) is 15.6. The SMILES string of the molecule is CNC(=O)[C@H](C)NC(=O)[C@H](C)NC(=O)[C@]1(NC(C)=O)CC[C@@H]1O[C@@H]1O[C@H](COC(=O)c2ccccc2)[C@@H](OC(=O)c2ccccc2)[C@H](OC(=O)c2ccccc2)[C@H]1OC(=O)c1ccccc1. The molecule has 0 radical (unpaired) electrons. The van der Waals surface area contributed by atoms with Crippen LogP contribution in [0.4, 0.5) is 0 Å². The van der Waals surface area contributed by atoms with E-state index in [2.05, 4.69) is 21.3 Å². The second-order valence-electron chi connectivity index (χ2n) is 15.6. The zero-order valence-electron chi connectivity index (χ0n) is 36.5. The van der Waals surface area contributed by atoms with Gasteiger partial charge in [-0.2, -0.15) is 0 Å². The lowest BCUT2D eigenvalue weighted by Gasteiger charge is -2.51. The normalized spacial score (nSPS) is 22.9. The highest BCUT2D eigenvalue weighted by atomic mass is 16.7. The summed E-state index contributed by atoms with van der Waals surface area (Å²) in [5.74, 6) is -6.23. The van der Waals surface area contributed by atoms with E-state index in [0.717, 1.165) is 0 Å². The van der Waals surface area contributed by atoms with Gasteiger partial charge in [-0.15, -0.1) is 0 Å². The monoisotopic (exact) mass is 906 g/mol. The number of likely N-dealkylation sites (N-methyl/N-ethyl adjacent to an activating group) is 1. The zero-order valence-corrected chi connectivity index (χ0v) is 36.5. The first-order chi connectivity index (χ1) is 31.7. The maximum absolute atomic E-state index is 14.2. The van der Waals surface area contributed by atoms with Gasteiger partial charge in [-0.3, -0.25) is 19.2 Å². The minimum atomic E-state index is -1.85. The van der Waals surface area contributed by atoms with Crippen LogP contribution >= 0.6 is 0 Å². The van der Waals surface area contributed by atoms with Gasteiger partial charge in [0.05, 0.1) is 28.4 Å². The summed E-state index contributed by atoms with van der Waals surface area (Å²) in [6.07, 6.45) is -9.69. The lowest BCUT2D eigenvalue weighted by atomic mass is 9.72. The van der Waals surface area contributed by atoms with Gasteiger partial charge >= 0.3 is 23.9 Å². The molecule has 66 heavy (non-hydrogen) atoms. The van der Waals surface area contributed by atoms with E-state index in [9.17, 15) is 38.4 Å². The lowest BCUT2D eigenvalue weighted by molar-refractivity contribution is -0.319. The minimum absolute atomic E-state index is 0.00486. The fourth-order valence-electron chi connectivity index (χ4n) is 7.32. The molecule has 18 heteroatoms. The topological polar surface area (TPSA) is 240 Å². The van der Waals surface area contributed by atoms with Crippen LogP contribution in [-0.2, 0) is 47.6 Å². The molecule has 0 unspecified atom stereocenters. The number of ether oxygens (including phenoxy) is 6. The van der Waals surface area contributed by atoms with Crippen molar-refractivity contribution >= 4 is 47.5 Å². The summed E-state index contributed by atoms with van der Waals surface area (Å²) in [4.78, 5) is 108. The molecule has 2 fully saturated rings. The first-order valence-corrected chi connectivity index (χ1v) is 21.1. The molecule has 4 N–H and O–H groups in total. The molecule has 4 amide bonds. The number of hydrogen-bond acceptors (Lipinski definition) is 14. The molecule has 1 saturated heterocycles. The van der Waals surface area contributed by atoms with Gasteiger partial charge in [0.1, 0.15) is 30.3 Å². The molecule has 1 saturated carbocycles. The number of benzene rings is 4. The number of hydrogen-bond donors (Lipinski definition) is 4. The zero-order chi connectivity index (χ0) is 47.4. The van der Waals surface area contributed by atoms with Crippen LogP contribution in [0.5, 0.6) is 0 Å². The van der Waals surface area contributed by atoms with Crippen LogP contribution in [0.3, 0.4) is 0 Å². The number of amides is 4. The number of carbonyl (C=O) groups is 8. The van der Waals surface area contributed by atoms with E-state index >= 15 is 0 Å². The molecule has 9 atom stereocenters. The van der Waals surface area contributed by atoms with Crippen LogP contribution in [-0.4, -0.2) is 116 Å². The molecule has 1 heterocycles. The average molecular weight is 907 g/mol. The van der Waals surface area contributed by atoms with E-state index in [1.54, 1.807) is 72.8 Å². The van der Waals surface area contributed by atoms with Gasteiger partial charge in [0, 0.05) is 14.0 Å². The third-order valence-electron chi connectivity index (χ3n) is 10.9. The van der Waals surface area contributed by atoms with Crippen LogP contribution in [0.25, 0.3) is 0 Å². The van der Waals surface area contributed by atoms with Gasteiger partial charge in [0.2, 0.25) is 23.6 Å². The van der Waals surface area contributed by atoms with E-state index in [4.69, 9.17) is 28.4 Å². The van der Waals surface area contributed by atoms with Gasteiger partial charge < -0.3 is 49.7 Å². The Labute approximate surface area is 380 Å². The summed E-state index contributed by atoms with van der Waals surface area (Å²) in [6.45, 7) is 3.38. The van der Waals surface area contributed by atoms with Crippen molar-refractivity contribution in [2.24, 2.45) is 0 Å². The Kier molecular flexibility index (Phi) is 16.0. The Morgan fingerprint density at radius 1 is 0.606 bits per heavy atom. The van der Waals surface area contributed by atoms with Crippen molar-refractivity contribution in [1.29, 1.82) is 0 Å². The van der Waals surface area contributed by atoms with Gasteiger partial charge in [-0.05, 0) is 75.2 Å². The third kappa shape index (κ3) is 11.6. The molecule has 4 aromatic carbocycles. The van der Waals surface area contributed by atoms with Crippen LogP contribution < -0.4 is 21.3 Å². The number of esters is 4. The smallest absolute Gasteiger partial charge is 0.338 e. The maximum atomic E-state index is 14.2. The summed E-state index contributed by atoms with van der Waals surface area (Å²) in [7, 11) is 1.40. The fourth-order valence-corrected chi connectivity index (χ4v) is 7.32. The molecular formula is C48H50N4O14. The summed E-state index contributed by atoms with van der Waals surface area (Å²) in [5, 5.41) is 10.2. The van der Waals surface area contributed by atoms with E-state index in [-0.39, 0.29) is 35.1 Å². The largest absolute Gasteiger partial charge is 0.459 e. The molecule has 1 aliphatic carbocycles. The van der Waals surface area contributed by atoms with E-state index in [1.807, 2.05) is 0 Å². The highest BCUT2D eigenvalue weighted by Crippen LogP contribution is 2.40. The Hall–Kier alpha value is -7.44. The predicted molar refractivity (Wildman–Crippen MR) is 232 cm³/mol. The fraction of sp³-hybridized carbons (Fsp3) is 0.333. The van der Waals surface area contributed by atoms with Crippen molar-refractivity contribution in [3.63, 3.8) is 0 Å². The Balaban J connectivity index is 1.41. The Morgan fingerprint density at radius 3 is 1.48 bits per heavy atom. The van der Waals surface area contributed by atoms with Crippen LogP contribution in [0, 0.1) is 0 Å². The first-order valence-electron chi connectivity index (χ1n) is 21.1.